The third kappa shape index (κ3) is 3.24. The molecule has 0 atom stereocenters. The zero-order chi connectivity index (χ0) is 19.8. The molecule has 8 heteroatoms. The molecular formula is C21H14ClN5OS. The zero-order valence-corrected chi connectivity index (χ0v) is 16.6. The van der Waals surface area contributed by atoms with Gasteiger partial charge in [-0.05, 0) is 18.2 Å². The van der Waals surface area contributed by atoms with Crippen molar-refractivity contribution in [1.82, 2.24) is 24.3 Å². The number of para-hydroxylation sites is 1. The van der Waals surface area contributed by atoms with E-state index >= 15 is 0 Å². The molecule has 0 aliphatic rings. The van der Waals surface area contributed by atoms with Gasteiger partial charge >= 0.3 is 0 Å². The van der Waals surface area contributed by atoms with Gasteiger partial charge in [0.1, 0.15) is 16.7 Å². The molecule has 5 rings (SSSR count). The number of fused-ring (bicyclic) bond motifs is 1. The van der Waals surface area contributed by atoms with Crippen molar-refractivity contribution in [2.45, 2.75) is 6.54 Å². The van der Waals surface area contributed by atoms with Crippen molar-refractivity contribution in [2.75, 3.05) is 0 Å². The first kappa shape index (κ1) is 17.8. The fourth-order valence-electron chi connectivity index (χ4n) is 3.13. The molecule has 3 aromatic heterocycles. The van der Waals surface area contributed by atoms with E-state index in [1.165, 1.54) is 11.3 Å². The predicted molar refractivity (Wildman–Crippen MR) is 115 cm³/mol. The number of rotatable bonds is 4. The Morgan fingerprint density at radius 1 is 1.03 bits per heavy atom. The van der Waals surface area contributed by atoms with Crippen LogP contribution in [0.5, 0.6) is 0 Å². The van der Waals surface area contributed by atoms with Gasteiger partial charge in [-0.2, -0.15) is 5.10 Å². The highest BCUT2D eigenvalue weighted by Crippen LogP contribution is 2.30. The van der Waals surface area contributed by atoms with E-state index in [-0.39, 0.29) is 5.56 Å². The van der Waals surface area contributed by atoms with Gasteiger partial charge < -0.3 is 0 Å². The highest BCUT2D eigenvalue weighted by atomic mass is 35.5. The number of hydrogen-bond donors (Lipinski definition) is 0. The van der Waals surface area contributed by atoms with Crippen LogP contribution in [0.15, 0.2) is 77.3 Å². The highest BCUT2D eigenvalue weighted by molar-refractivity contribution is 7.13. The van der Waals surface area contributed by atoms with Crippen molar-refractivity contribution >= 4 is 34.0 Å². The van der Waals surface area contributed by atoms with Crippen molar-refractivity contribution in [3.8, 4) is 16.3 Å². The molecule has 3 heterocycles. The Morgan fingerprint density at radius 2 is 1.83 bits per heavy atom. The average molecular weight is 420 g/mol. The number of halogens is 1. The summed E-state index contributed by atoms with van der Waals surface area (Å²) in [4.78, 5) is 22.0. The number of aromatic nitrogens is 5. The SMILES string of the molecule is O=c1c2cnn(-c3ccccc3)c2ncn1Cc1csc(-c2ccccc2Cl)n1. The first-order chi connectivity index (χ1) is 14.2. The van der Waals surface area contributed by atoms with Crippen LogP contribution >= 0.6 is 22.9 Å². The lowest BCUT2D eigenvalue weighted by atomic mass is 10.2. The molecule has 142 valence electrons. The molecule has 0 saturated heterocycles. The van der Waals surface area contributed by atoms with Crippen LogP contribution in [-0.2, 0) is 6.54 Å². The molecule has 0 saturated carbocycles. The lowest BCUT2D eigenvalue weighted by Gasteiger charge is -2.05. The van der Waals surface area contributed by atoms with Crippen LogP contribution in [0.4, 0.5) is 0 Å². The molecule has 0 aliphatic carbocycles. The average Bonchev–Trinajstić information content (AvgIpc) is 3.39. The van der Waals surface area contributed by atoms with Gasteiger partial charge in [0.25, 0.3) is 5.56 Å². The van der Waals surface area contributed by atoms with Gasteiger partial charge in [0, 0.05) is 10.9 Å². The molecule has 2 aromatic carbocycles. The van der Waals surface area contributed by atoms with Gasteiger partial charge in [-0.15, -0.1) is 11.3 Å². The normalized spacial score (nSPS) is 11.2. The fraction of sp³-hybridized carbons (Fsp3) is 0.0476. The second-order valence-corrected chi connectivity index (χ2v) is 7.70. The summed E-state index contributed by atoms with van der Waals surface area (Å²) < 4.78 is 3.21. The summed E-state index contributed by atoms with van der Waals surface area (Å²) in [6.07, 6.45) is 3.10. The smallest absolute Gasteiger partial charge is 0.264 e. The highest BCUT2D eigenvalue weighted by Gasteiger charge is 2.13. The molecule has 0 bridgehead atoms. The number of thiazole rings is 1. The van der Waals surface area contributed by atoms with Crippen LogP contribution in [0.2, 0.25) is 5.02 Å². The standard InChI is InChI=1S/C21H14ClN5OS/c22-18-9-5-4-8-16(18)20-25-14(12-29-20)11-26-13-23-19-17(21(26)28)10-24-27(19)15-6-2-1-3-7-15/h1-10,12-13H,11H2. The summed E-state index contributed by atoms with van der Waals surface area (Å²) >= 11 is 7.76. The van der Waals surface area contributed by atoms with E-state index in [1.54, 1.807) is 21.8 Å². The predicted octanol–water partition coefficient (Wildman–Crippen LogP) is 4.41. The molecule has 6 nitrogen and oxygen atoms in total. The lowest BCUT2D eigenvalue weighted by Crippen LogP contribution is -2.21. The van der Waals surface area contributed by atoms with Crippen LogP contribution in [0.3, 0.4) is 0 Å². The van der Waals surface area contributed by atoms with Crippen molar-refractivity contribution < 1.29 is 0 Å². The third-order valence-electron chi connectivity index (χ3n) is 4.54. The van der Waals surface area contributed by atoms with Gasteiger partial charge in [0.2, 0.25) is 0 Å². The first-order valence-electron chi connectivity index (χ1n) is 8.88. The van der Waals surface area contributed by atoms with Gasteiger partial charge in [-0.1, -0.05) is 48.0 Å². The van der Waals surface area contributed by atoms with Crippen molar-refractivity contribution in [1.29, 1.82) is 0 Å². The Bertz CT molecular complexity index is 1370. The Kier molecular flexibility index (Phi) is 4.46. The molecule has 29 heavy (non-hydrogen) atoms. The molecule has 0 fully saturated rings. The Morgan fingerprint density at radius 3 is 2.66 bits per heavy atom. The Balaban J connectivity index is 1.49. The van der Waals surface area contributed by atoms with E-state index in [1.807, 2.05) is 60.0 Å². The zero-order valence-electron chi connectivity index (χ0n) is 15.1. The van der Waals surface area contributed by atoms with Gasteiger partial charge in [0.05, 0.1) is 29.1 Å². The van der Waals surface area contributed by atoms with Crippen LogP contribution < -0.4 is 5.56 Å². The maximum absolute atomic E-state index is 12.9. The van der Waals surface area contributed by atoms with Crippen LogP contribution in [0, 0.1) is 0 Å². The summed E-state index contributed by atoms with van der Waals surface area (Å²) in [6, 6.07) is 17.2. The molecule has 0 radical (unpaired) electrons. The molecule has 0 amide bonds. The molecule has 0 unspecified atom stereocenters. The minimum atomic E-state index is -0.149. The van der Waals surface area contributed by atoms with Gasteiger partial charge in [0.15, 0.2) is 5.65 Å². The Hall–Kier alpha value is -3.29. The van der Waals surface area contributed by atoms with E-state index in [2.05, 4.69) is 15.1 Å². The summed E-state index contributed by atoms with van der Waals surface area (Å²) in [6.45, 7) is 0.333. The number of hydrogen-bond acceptors (Lipinski definition) is 5. The molecule has 0 aliphatic heterocycles. The van der Waals surface area contributed by atoms with Gasteiger partial charge in [-0.3, -0.25) is 9.36 Å². The second-order valence-electron chi connectivity index (χ2n) is 6.43. The quantitative estimate of drug-likeness (QED) is 0.433. The summed E-state index contributed by atoms with van der Waals surface area (Å²) in [7, 11) is 0. The van der Waals surface area contributed by atoms with Crippen molar-refractivity contribution in [3.63, 3.8) is 0 Å². The summed E-state index contributed by atoms with van der Waals surface area (Å²) in [5.41, 5.74) is 2.91. The van der Waals surface area contributed by atoms with E-state index in [9.17, 15) is 4.79 Å². The first-order valence-corrected chi connectivity index (χ1v) is 10.1. The molecule has 0 N–H and O–H groups in total. The monoisotopic (exact) mass is 419 g/mol. The third-order valence-corrected chi connectivity index (χ3v) is 5.80. The van der Waals surface area contributed by atoms with Crippen molar-refractivity contribution in [3.05, 3.63) is 93.6 Å². The fourth-order valence-corrected chi connectivity index (χ4v) is 4.26. The summed E-state index contributed by atoms with van der Waals surface area (Å²) in [5, 5.41) is 8.22. The minimum absolute atomic E-state index is 0.149. The molecule has 5 aromatic rings. The summed E-state index contributed by atoms with van der Waals surface area (Å²) in [5.74, 6) is 0. The molecular weight excluding hydrogens is 406 g/mol. The van der Waals surface area contributed by atoms with E-state index in [0.29, 0.717) is 22.6 Å². The van der Waals surface area contributed by atoms with Crippen LogP contribution in [-0.4, -0.2) is 24.3 Å². The topological polar surface area (TPSA) is 65.6 Å². The maximum atomic E-state index is 12.9. The van der Waals surface area contributed by atoms with Crippen LogP contribution in [0.1, 0.15) is 5.69 Å². The number of nitrogens with zero attached hydrogens (tertiary/aromatic N) is 5. The lowest BCUT2D eigenvalue weighted by molar-refractivity contribution is 0.732. The van der Waals surface area contributed by atoms with E-state index in [4.69, 9.17) is 11.6 Å². The van der Waals surface area contributed by atoms with E-state index in [0.717, 1.165) is 22.0 Å². The minimum Gasteiger partial charge on any atom is -0.292 e. The largest absolute Gasteiger partial charge is 0.292 e. The maximum Gasteiger partial charge on any atom is 0.264 e. The van der Waals surface area contributed by atoms with Crippen molar-refractivity contribution in [2.24, 2.45) is 0 Å². The number of benzene rings is 2. The Labute approximate surface area is 174 Å². The second kappa shape index (κ2) is 7.27. The molecule has 0 spiro atoms. The van der Waals surface area contributed by atoms with Gasteiger partial charge in [-0.25, -0.2) is 14.6 Å². The van der Waals surface area contributed by atoms with Crippen LogP contribution in [0.25, 0.3) is 27.3 Å². The van der Waals surface area contributed by atoms with E-state index < -0.39 is 0 Å².